The average Bonchev–Trinajstić information content (AvgIpc) is 3.23. The maximum absolute atomic E-state index is 12.2. The molecule has 130 valence electrons. The number of amides is 3. The van der Waals surface area contributed by atoms with Crippen LogP contribution < -0.4 is 10.9 Å². The van der Waals surface area contributed by atoms with Crippen LogP contribution in [0.4, 0.5) is 0 Å². The number of halogens is 1. The molecule has 1 aromatic heterocycles. The van der Waals surface area contributed by atoms with Crippen LogP contribution in [-0.4, -0.2) is 29.2 Å². The smallest absolute Gasteiger partial charge is 0.271 e. The van der Waals surface area contributed by atoms with Crippen molar-refractivity contribution in [1.82, 2.24) is 15.8 Å². The fourth-order valence-corrected chi connectivity index (χ4v) is 2.85. The van der Waals surface area contributed by atoms with E-state index in [0.29, 0.717) is 12.3 Å². The molecule has 3 amide bonds. The number of rotatable bonds is 4. The van der Waals surface area contributed by atoms with Gasteiger partial charge in [0.25, 0.3) is 5.91 Å². The van der Waals surface area contributed by atoms with Crippen molar-refractivity contribution in [2.45, 2.75) is 13.0 Å². The summed E-state index contributed by atoms with van der Waals surface area (Å²) in [4.78, 5) is 37.8. The lowest BCUT2D eigenvalue weighted by Gasteiger charge is -2.15. The minimum absolute atomic E-state index is 0.0918. The Morgan fingerprint density at radius 3 is 2.72 bits per heavy atom. The van der Waals surface area contributed by atoms with Crippen molar-refractivity contribution >= 4 is 29.3 Å². The standard InChI is InChI=1S/C17H16ClN3O4/c18-14-6-2-1-5-13(14)17(24)20-19-16(23)11-8-15(22)21(9-11)10-12-4-3-7-25-12/h1-7,11H,8-10H2,(H,19,23)(H,20,24). The van der Waals surface area contributed by atoms with Gasteiger partial charge in [-0.2, -0.15) is 0 Å². The third-order valence-electron chi connectivity index (χ3n) is 3.93. The molecule has 1 atom stereocenters. The lowest BCUT2D eigenvalue weighted by atomic mass is 10.1. The molecule has 0 bridgehead atoms. The van der Waals surface area contributed by atoms with Gasteiger partial charge in [-0.1, -0.05) is 23.7 Å². The predicted octanol–water partition coefficient (Wildman–Crippen LogP) is 1.74. The number of furan rings is 1. The van der Waals surface area contributed by atoms with E-state index in [0.717, 1.165) is 0 Å². The van der Waals surface area contributed by atoms with Gasteiger partial charge in [0.2, 0.25) is 11.8 Å². The lowest BCUT2D eigenvalue weighted by Crippen LogP contribution is -2.45. The van der Waals surface area contributed by atoms with Crippen molar-refractivity contribution < 1.29 is 18.8 Å². The first-order valence-corrected chi connectivity index (χ1v) is 8.07. The summed E-state index contributed by atoms with van der Waals surface area (Å²) < 4.78 is 5.21. The van der Waals surface area contributed by atoms with Gasteiger partial charge < -0.3 is 9.32 Å². The summed E-state index contributed by atoms with van der Waals surface area (Å²) in [6.45, 7) is 0.592. The molecule has 0 aliphatic carbocycles. The minimum Gasteiger partial charge on any atom is -0.467 e. The zero-order valence-corrected chi connectivity index (χ0v) is 14.0. The molecule has 0 spiro atoms. The molecule has 1 saturated heterocycles. The van der Waals surface area contributed by atoms with Gasteiger partial charge in [-0.15, -0.1) is 0 Å². The molecular weight excluding hydrogens is 346 g/mol. The monoisotopic (exact) mass is 361 g/mol. The summed E-state index contributed by atoms with van der Waals surface area (Å²) in [6, 6.07) is 10.0. The van der Waals surface area contributed by atoms with Crippen molar-refractivity contribution in [2.75, 3.05) is 6.54 Å². The molecule has 1 fully saturated rings. The van der Waals surface area contributed by atoms with E-state index < -0.39 is 17.7 Å². The van der Waals surface area contributed by atoms with Crippen LogP contribution in [0.2, 0.25) is 5.02 Å². The van der Waals surface area contributed by atoms with Crippen LogP contribution in [0.3, 0.4) is 0 Å². The molecule has 1 unspecified atom stereocenters. The van der Waals surface area contributed by atoms with Gasteiger partial charge in [-0.25, -0.2) is 0 Å². The molecule has 25 heavy (non-hydrogen) atoms. The van der Waals surface area contributed by atoms with Gasteiger partial charge in [-0.3, -0.25) is 25.2 Å². The van der Waals surface area contributed by atoms with Crippen molar-refractivity contribution in [3.05, 3.63) is 59.0 Å². The molecule has 1 aliphatic heterocycles. The highest BCUT2D eigenvalue weighted by Gasteiger charge is 2.34. The van der Waals surface area contributed by atoms with Crippen LogP contribution in [0.15, 0.2) is 47.1 Å². The van der Waals surface area contributed by atoms with Crippen LogP contribution in [0.25, 0.3) is 0 Å². The van der Waals surface area contributed by atoms with Gasteiger partial charge in [0.05, 0.1) is 29.3 Å². The van der Waals surface area contributed by atoms with E-state index in [1.54, 1.807) is 41.3 Å². The third kappa shape index (κ3) is 4.00. The van der Waals surface area contributed by atoms with Crippen molar-refractivity contribution in [3.63, 3.8) is 0 Å². The second kappa shape index (κ2) is 7.40. The van der Waals surface area contributed by atoms with Crippen LogP contribution in [0, 0.1) is 5.92 Å². The zero-order valence-electron chi connectivity index (χ0n) is 13.2. The minimum atomic E-state index is -0.533. The largest absolute Gasteiger partial charge is 0.467 e. The summed E-state index contributed by atoms with van der Waals surface area (Å²) in [6.07, 6.45) is 1.62. The van der Waals surface area contributed by atoms with E-state index >= 15 is 0 Å². The number of nitrogens with one attached hydrogen (secondary N) is 2. The number of carbonyl (C=O) groups excluding carboxylic acids is 3. The number of benzene rings is 1. The Kier molecular flexibility index (Phi) is 5.04. The topological polar surface area (TPSA) is 91.7 Å². The number of likely N-dealkylation sites (tertiary alicyclic amines) is 1. The van der Waals surface area contributed by atoms with E-state index in [1.165, 1.54) is 6.26 Å². The van der Waals surface area contributed by atoms with Crippen LogP contribution >= 0.6 is 11.6 Å². The lowest BCUT2D eigenvalue weighted by molar-refractivity contribution is -0.129. The molecule has 2 aromatic rings. The highest BCUT2D eigenvalue weighted by Crippen LogP contribution is 2.20. The molecule has 2 heterocycles. The second-order valence-electron chi connectivity index (χ2n) is 5.68. The first kappa shape index (κ1) is 17.0. The summed E-state index contributed by atoms with van der Waals surface area (Å²) in [5.74, 6) is -0.948. The van der Waals surface area contributed by atoms with Crippen LogP contribution in [0.5, 0.6) is 0 Å². The molecule has 0 radical (unpaired) electrons. The second-order valence-corrected chi connectivity index (χ2v) is 6.09. The van der Waals surface area contributed by atoms with Crippen molar-refractivity contribution in [2.24, 2.45) is 5.92 Å². The van der Waals surface area contributed by atoms with Crippen molar-refractivity contribution in [3.8, 4) is 0 Å². The zero-order chi connectivity index (χ0) is 17.8. The number of hydrogen-bond acceptors (Lipinski definition) is 4. The Labute approximate surface area is 148 Å². The maximum Gasteiger partial charge on any atom is 0.271 e. The Morgan fingerprint density at radius 2 is 2.00 bits per heavy atom. The molecule has 8 heteroatoms. The molecule has 1 aromatic carbocycles. The summed E-state index contributed by atoms with van der Waals surface area (Å²) in [5, 5.41) is 0.287. The average molecular weight is 362 g/mol. The molecule has 2 N–H and O–H groups in total. The fraction of sp³-hybridized carbons (Fsp3) is 0.235. The van der Waals surface area contributed by atoms with E-state index in [1.807, 2.05) is 0 Å². The van der Waals surface area contributed by atoms with Gasteiger partial charge in [0.15, 0.2) is 0 Å². The Hall–Kier alpha value is -2.80. The normalized spacial score (nSPS) is 16.8. The van der Waals surface area contributed by atoms with Gasteiger partial charge in [0.1, 0.15) is 5.76 Å². The van der Waals surface area contributed by atoms with Gasteiger partial charge in [-0.05, 0) is 24.3 Å². The molecular formula is C17H16ClN3O4. The fourth-order valence-electron chi connectivity index (χ4n) is 2.62. The quantitative estimate of drug-likeness (QED) is 0.811. The highest BCUT2D eigenvalue weighted by molar-refractivity contribution is 6.33. The third-order valence-corrected chi connectivity index (χ3v) is 4.26. The SMILES string of the molecule is O=C(NNC(=O)C1CC(=O)N(Cc2ccco2)C1)c1ccccc1Cl. The Balaban J connectivity index is 1.53. The maximum atomic E-state index is 12.2. The molecule has 0 saturated carbocycles. The molecule has 3 rings (SSSR count). The van der Waals surface area contributed by atoms with Crippen molar-refractivity contribution in [1.29, 1.82) is 0 Å². The van der Waals surface area contributed by atoms with Crippen LogP contribution in [0.1, 0.15) is 22.5 Å². The van der Waals surface area contributed by atoms with E-state index in [-0.39, 0.29) is 29.5 Å². The van der Waals surface area contributed by atoms with E-state index in [9.17, 15) is 14.4 Å². The Morgan fingerprint density at radius 1 is 1.20 bits per heavy atom. The summed E-state index contributed by atoms with van der Waals surface area (Å²) in [5.41, 5.74) is 4.93. The van der Waals surface area contributed by atoms with E-state index in [4.69, 9.17) is 16.0 Å². The number of carbonyl (C=O) groups is 3. The summed E-state index contributed by atoms with van der Waals surface area (Å²) >= 11 is 5.93. The van der Waals surface area contributed by atoms with Crippen LogP contribution in [-0.2, 0) is 16.1 Å². The van der Waals surface area contributed by atoms with E-state index in [2.05, 4.69) is 10.9 Å². The number of hydrazine groups is 1. The molecule has 7 nitrogen and oxygen atoms in total. The number of nitrogens with zero attached hydrogens (tertiary/aromatic N) is 1. The number of hydrogen-bond donors (Lipinski definition) is 2. The highest BCUT2D eigenvalue weighted by atomic mass is 35.5. The Bertz CT molecular complexity index is 791. The summed E-state index contributed by atoms with van der Waals surface area (Å²) in [7, 11) is 0. The molecule has 1 aliphatic rings. The first-order valence-electron chi connectivity index (χ1n) is 7.69. The first-order chi connectivity index (χ1) is 12.0. The predicted molar refractivity (Wildman–Crippen MR) is 89.3 cm³/mol. The van der Waals surface area contributed by atoms with Gasteiger partial charge >= 0.3 is 0 Å². The van der Waals surface area contributed by atoms with Gasteiger partial charge in [0, 0.05) is 13.0 Å².